The van der Waals surface area contributed by atoms with Gasteiger partial charge in [-0.3, -0.25) is 4.99 Å². The number of fused-ring (bicyclic) bond motifs is 1. The van der Waals surface area contributed by atoms with Crippen molar-refractivity contribution in [3.8, 4) is 0 Å². The molecule has 1 aromatic carbocycles. The van der Waals surface area contributed by atoms with Gasteiger partial charge in [0.25, 0.3) is 0 Å². The first kappa shape index (κ1) is 13.5. The summed E-state index contributed by atoms with van der Waals surface area (Å²) in [4.78, 5) is 4.18. The molecule has 19 heavy (non-hydrogen) atoms. The second-order valence-corrected chi connectivity index (χ2v) is 4.95. The van der Waals surface area contributed by atoms with Crippen molar-refractivity contribution in [1.82, 2.24) is 10.6 Å². The van der Waals surface area contributed by atoms with Crippen LogP contribution in [-0.2, 0) is 6.54 Å². The number of furan rings is 1. The number of nitrogens with one attached hydrogen (secondary N) is 2. The van der Waals surface area contributed by atoms with E-state index in [-0.39, 0.29) is 0 Å². The molecule has 4 nitrogen and oxygen atoms in total. The standard InChI is InChI=1S/C15H21N3O/c1-11(2)9-17-15(16-3)18-10-13-8-12-6-4-5-7-14(12)19-13/h4-8,11H,9-10H2,1-3H3,(H2,16,17,18). The van der Waals surface area contributed by atoms with Crippen LogP contribution in [0.1, 0.15) is 19.6 Å². The minimum atomic E-state index is 0.588. The molecule has 0 aliphatic heterocycles. The summed E-state index contributed by atoms with van der Waals surface area (Å²) >= 11 is 0. The molecule has 0 saturated heterocycles. The van der Waals surface area contributed by atoms with E-state index in [9.17, 15) is 0 Å². The second kappa shape index (κ2) is 6.27. The van der Waals surface area contributed by atoms with Gasteiger partial charge in [0.05, 0.1) is 6.54 Å². The Kier molecular flexibility index (Phi) is 4.44. The third-order valence-electron chi connectivity index (χ3n) is 2.81. The number of nitrogens with zero attached hydrogens (tertiary/aromatic N) is 1. The van der Waals surface area contributed by atoms with Crippen molar-refractivity contribution in [2.45, 2.75) is 20.4 Å². The van der Waals surface area contributed by atoms with Crippen LogP contribution in [0.4, 0.5) is 0 Å². The number of benzene rings is 1. The van der Waals surface area contributed by atoms with Crippen LogP contribution in [0, 0.1) is 5.92 Å². The van der Waals surface area contributed by atoms with Crippen LogP contribution >= 0.6 is 0 Å². The molecule has 0 atom stereocenters. The van der Waals surface area contributed by atoms with E-state index < -0.39 is 0 Å². The zero-order valence-electron chi connectivity index (χ0n) is 11.7. The number of hydrogen-bond donors (Lipinski definition) is 2. The van der Waals surface area contributed by atoms with Crippen LogP contribution in [0.3, 0.4) is 0 Å². The minimum Gasteiger partial charge on any atom is -0.459 e. The fraction of sp³-hybridized carbons (Fsp3) is 0.400. The molecule has 0 fully saturated rings. The molecule has 0 unspecified atom stereocenters. The van der Waals surface area contributed by atoms with Crippen molar-refractivity contribution in [3.05, 3.63) is 36.1 Å². The van der Waals surface area contributed by atoms with E-state index in [4.69, 9.17) is 4.42 Å². The van der Waals surface area contributed by atoms with Crippen molar-refractivity contribution < 1.29 is 4.42 Å². The normalized spacial score (nSPS) is 12.1. The summed E-state index contributed by atoms with van der Waals surface area (Å²) in [5.74, 6) is 2.30. The molecule has 2 N–H and O–H groups in total. The van der Waals surface area contributed by atoms with E-state index in [1.165, 1.54) is 0 Å². The van der Waals surface area contributed by atoms with Crippen LogP contribution in [0.2, 0.25) is 0 Å². The molecular formula is C15H21N3O. The molecule has 0 amide bonds. The third kappa shape index (κ3) is 3.74. The molecule has 0 saturated carbocycles. The van der Waals surface area contributed by atoms with Gasteiger partial charge in [0.15, 0.2) is 5.96 Å². The van der Waals surface area contributed by atoms with Crippen LogP contribution in [0.25, 0.3) is 11.0 Å². The molecule has 1 aromatic heterocycles. The first-order chi connectivity index (χ1) is 9.19. The number of para-hydroxylation sites is 1. The zero-order valence-corrected chi connectivity index (χ0v) is 11.7. The highest BCUT2D eigenvalue weighted by Crippen LogP contribution is 2.18. The second-order valence-electron chi connectivity index (χ2n) is 4.95. The molecule has 102 valence electrons. The Bertz CT molecular complexity index is 524. The predicted octanol–water partition coefficient (Wildman–Crippen LogP) is 2.75. The van der Waals surface area contributed by atoms with Gasteiger partial charge in [-0.05, 0) is 18.1 Å². The quantitative estimate of drug-likeness (QED) is 0.655. The van der Waals surface area contributed by atoms with Gasteiger partial charge >= 0.3 is 0 Å². The lowest BCUT2D eigenvalue weighted by Gasteiger charge is -2.12. The van der Waals surface area contributed by atoms with Crippen molar-refractivity contribution >= 4 is 16.9 Å². The Labute approximate surface area is 113 Å². The van der Waals surface area contributed by atoms with Crippen LogP contribution in [-0.4, -0.2) is 19.6 Å². The van der Waals surface area contributed by atoms with Crippen LogP contribution < -0.4 is 10.6 Å². The summed E-state index contributed by atoms with van der Waals surface area (Å²) in [5.41, 5.74) is 0.921. The van der Waals surface area contributed by atoms with Crippen molar-refractivity contribution in [3.63, 3.8) is 0 Å². The molecular weight excluding hydrogens is 238 g/mol. The maximum Gasteiger partial charge on any atom is 0.191 e. The maximum absolute atomic E-state index is 5.74. The minimum absolute atomic E-state index is 0.588. The summed E-state index contributed by atoms with van der Waals surface area (Å²) in [6.45, 7) is 5.87. The fourth-order valence-electron chi connectivity index (χ4n) is 1.82. The van der Waals surface area contributed by atoms with E-state index in [0.717, 1.165) is 29.2 Å². The Morgan fingerprint density at radius 2 is 2.05 bits per heavy atom. The average molecular weight is 259 g/mol. The summed E-state index contributed by atoms with van der Waals surface area (Å²) < 4.78 is 5.74. The lowest BCUT2D eigenvalue weighted by atomic mass is 10.2. The zero-order chi connectivity index (χ0) is 13.7. The van der Waals surface area contributed by atoms with Gasteiger partial charge in [-0.25, -0.2) is 0 Å². The number of guanidine groups is 1. The summed E-state index contributed by atoms with van der Waals surface area (Å²) in [6, 6.07) is 10.1. The van der Waals surface area contributed by atoms with Crippen molar-refractivity contribution in [2.24, 2.45) is 10.9 Å². The fourth-order valence-corrected chi connectivity index (χ4v) is 1.82. The largest absolute Gasteiger partial charge is 0.459 e. The molecule has 4 heteroatoms. The Morgan fingerprint density at radius 1 is 1.26 bits per heavy atom. The predicted molar refractivity (Wildman–Crippen MR) is 79.3 cm³/mol. The van der Waals surface area contributed by atoms with E-state index >= 15 is 0 Å². The van der Waals surface area contributed by atoms with Crippen LogP contribution in [0.5, 0.6) is 0 Å². The number of hydrogen-bond acceptors (Lipinski definition) is 2. The molecule has 2 aromatic rings. The highest BCUT2D eigenvalue weighted by molar-refractivity contribution is 5.80. The molecule has 0 bridgehead atoms. The number of aliphatic imine (C=N–C) groups is 1. The topological polar surface area (TPSA) is 49.6 Å². The summed E-state index contributed by atoms with van der Waals surface area (Å²) in [7, 11) is 1.77. The number of rotatable bonds is 4. The first-order valence-electron chi connectivity index (χ1n) is 6.61. The Balaban J connectivity index is 1.93. The van der Waals surface area contributed by atoms with Crippen molar-refractivity contribution in [2.75, 3.05) is 13.6 Å². The van der Waals surface area contributed by atoms with Gasteiger partial charge in [-0.15, -0.1) is 0 Å². The third-order valence-corrected chi connectivity index (χ3v) is 2.81. The summed E-state index contributed by atoms with van der Waals surface area (Å²) in [5, 5.41) is 7.65. The molecule has 1 heterocycles. The molecule has 0 aliphatic carbocycles. The molecule has 0 aliphatic rings. The molecule has 0 spiro atoms. The van der Waals surface area contributed by atoms with Gasteiger partial charge in [0, 0.05) is 19.0 Å². The highest BCUT2D eigenvalue weighted by Gasteiger charge is 2.04. The van der Waals surface area contributed by atoms with Gasteiger partial charge in [0.1, 0.15) is 11.3 Å². The smallest absolute Gasteiger partial charge is 0.191 e. The van der Waals surface area contributed by atoms with Crippen molar-refractivity contribution in [1.29, 1.82) is 0 Å². The van der Waals surface area contributed by atoms with E-state index in [1.807, 2.05) is 24.3 Å². The molecule has 2 rings (SSSR count). The van der Waals surface area contributed by atoms with E-state index in [0.29, 0.717) is 12.5 Å². The average Bonchev–Trinajstić information content (AvgIpc) is 2.81. The highest BCUT2D eigenvalue weighted by atomic mass is 16.3. The lowest BCUT2D eigenvalue weighted by Crippen LogP contribution is -2.38. The maximum atomic E-state index is 5.74. The lowest BCUT2D eigenvalue weighted by molar-refractivity contribution is 0.536. The monoisotopic (exact) mass is 259 g/mol. The Hall–Kier alpha value is -1.97. The van der Waals surface area contributed by atoms with Crippen LogP contribution in [0.15, 0.2) is 39.7 Å². The first-order valence-corrected chi connectivity index (χ1v) is 6.61. The van der Waals surface area contributed by atoms with Gasteiger partial charge in [-0.2, -0.15) is 0 Å². The Morgan fingerprint density at radius 3 is 2.74 bits per heavy atom. The van der Waals surface area contributed by atoms with E-state index in [2.05, 4.69) is 35.5 Å². The molecule has 0 radical (unpaired) electrons. The SMILES string of the molecule is CN=C(NCc1cc2ccccc2o1)NCC(C)C. The van der Waals surface area contributed by atoms with E-state index in [1.54, 1.807) is 7.05 Å². The van der Waals surface area contributed by atoms with Gasteiger partial charge in [-0.1, -0.05) is 32.0 Å². The van der Waals surface area contributed by atoms with Gasteiger partial charge < -0.3 is 15.1 Å². The summed E-state index contributed by atoms with van der Waals surface area (Å²) in [6.07, 6.45) is 0. The van der Waals surface area contributed by atoms with Gasteiger partial charge in [0.2, 0.25) is 0 Å².